The van der Waals surface area contributed by atoms with Crippen LogP contribution in [0.4, 0.5) is 14.5 Å². The van der Waals surface area contributed by atoms with Gasteiger partial charge in [-0.25, -0.2) is 4.39 Å². The van der Waals surface area contributed by atoms with Crippen LogP contribution < -0.4 is 5.32 Å². The number of nitrogens with one attached hydrogen (secondary N) is 1. The molecule has 7 nitrogen and oxygen atoms in total. The minimum atomic E-state index is -1.44. The van der Waals surface area contributed by atoms with Gasteiger partial charge in [-0.05, 0) is 6.07 Å². The van der Waals surface area contributed by atoms with E-state index in [2.05, 4.69) is 10.1 Å². The van der Waals surface area contributed by atoms with E-state index in [1.165, 1.54) is 7.11 Å². The lowest BCUT2D eigenvalue weighted by Crippen LogP contribution is -2.34. The van der Waals surface area contributed by atoms with Crippen LogP contribution >= 0.6 is 0 Å². The summed E-state index contributed by atoms with van der Waals surface area (Å²) in [5.74, 6) is -3.61. The number of aliphatic hydroxyl groups excluding tert-OH is 1. The number of benzene rings is 1. The molecular formula is C11H12F2N2O5. The summed E-state index contributed by atoms with van der Waals surface area (Å²) < 4.78 is 31.4. The smallest absolute Gasteiger partial charge is 0.308 e. The Labute approximate surface area is 112 Å². The van der Waals surface area contributed by atoms with E-state index in [4.69, 9.17) is 0 Å². The van der Waals surface area contributed by atoms with Crippen molar-refractivity contribution in [1.82, 2.24) is 5.32 Å². The SMILES string of the molecule is COCC(O)CNC(=O)c1cc(F)cc([N+](=O)[O-])c1F. The highest BCUT2D eigenvalue weighted by Gasteiger charge is 2.24. The summed E-state index contributed by atoms with van der Waals surface area (Å²) in [5, 5.41) is 21.9. The maximum Gasteiger partial charge on any atom is 0.308 e. The van der Waals surface area contributed by atoms with Crippen molar-refractivity contribution in [2.75, 3.05) is 20.3 Å². The number of nitro benzene ring substituents is 1. The standard InChI is InChI=1S/C11H12F2N2O5/c1-20-5-7(16)4-14-11(17)8-2-6(12)3-9(10(8)13)15(18)19/h2-3,7,16H,4-5H2,1H3,(H,14,17). The summed E-state index contributed by atoms with van der Waals surface area (Å²) in [7, 11) is 1.33. The number of hydrogen-bond donors (Lipinski definition) is 2. The van der Waals surface area contributed by atoms with Crippen LogP contribution in [0.3, 0.4) is 0 Å². The molecule has 1 atom stereocenters. The van der Waals surface area contributed by atoms with E-state index in [9.17, 15) is 28.8 Å². The van der Waals surface area contributed by atoms with Gasteiger partial charge in [0.1, 0.15) is 5.82 Å². The predicted octanol–water partition coefficient (Wildman–Crippen LogP) is 0.610. The lowest BCUT2D eigenvalue weighted by Gasteiger charge is -2.11. The van der Waals surface area contributed by atoms with E-state index in [-0.39, 0.29) is 13.2 Å². The maximum absolute atomic E-state index is 13.7. The van der Waals surface area contributed by atoms with E-state index in [0.29, 0.717) is 12.1 Å². The number of nitrogens with zero attached hydrogens (tertiary/aromatic N) is 1. The maximum atomic E-state index is 13.7. The van der Waals surface area contributed by atoms with Gasteiger partial charge in [0.05, 0.1) is 29.3 Å². The van der Waals surface area contributed by atoms with E-state index in [0.717, 1.165) is 0 Å². The molecule has 1 amide bonds. The molecule has 0 aromatic heterocycles. The van der Waals surface area contributed by atoms with E-state index >= 15 is 0 Å². The largest absolute Gasteiger partial charge is 0.389 e. The molecule has 0 bridgehead atoms. The third-order valence-corrected chi connectivity index (χ3v) is 2.32. The fourth-order valence-corrected chi connectivity index (χ4v) is 1.43. The summed E-state index contributed by atoms with van der Waals surface area (Å²) in [5.41, 5.74) is -1.94. The van der Waals surface area contributed by atoms with Gasteiger partial charge < -0.3 is 15.2 Å². The summed E-state index contributed by atoms with van der Waals surface area (Å²) in [6.07, 6.45) is -1.03. The Hall–Kier alpha value is -2.13. The van der Waals surface area contributed by atoms with Crippen LogP contribution in [-0.2, 0) is 4.74 Å². The molecule has 0 saturated heterocycles. The zero-order valence-corrected chi connectivity index (χ0v) is 10.4. The van der Waals surface area contributed by atoms with Crippen LogP contribution in [0.25, 0.3) is 0 Å². The average molecular weight is 290 g/mol. The molecule has 0 spiro atoms. The Morgan fingerprint density at radius 3 is 2.75 bits per heavy atom. The molecule has 9 heteroatoms. The van der Waals surface area contributed by atoms with Crippen molar-refractivity contribution in [3.8, 4) is 0 Å². The van der Waals surface area contributed by atoms with Gasteiger partial charge in [-0.1, -0.05) is 0 Å². The third kappa shape index (κ3) is 3.93. The number of halogens is 2. The predicted molar refractivity (Wildman–Crippen MR) is 63.2 cm³/mol. The Bertz CT molecular complexity index is 524. The Morgan fingerprint density at radius 2 is 2.20 bits per heavy atom. The first-order valence-electron chi connectivity index (χ1n) is 5.45. The number of rotatable bonds is 6. The number of carbonyl (C=O) groups is 1. The van der Waals surface area contributed by atoms with E-state index < -0.39 is 39.8 Å². The molecule has 0 heterocycles. The first-order valence-corrected chi connectivity index (χ1v) is 5.45. The molecule has 1 unspecified atom stereocenters. The molecule has 0 radical (unpaired) electrons. The van der Waals surface area contributed by atoms with Crippen LogP contribution in [0.15, 0.2) is 12.1 Å². The summed E-state index contributed by atoms with van der Waals surface area (Å²) >= 11 is 0. The highest BCUT2D eigenvalue weighted by Crippen LogP contribution is 2.22. The van der Waals surface area contributed by atoms with Crippen molar-refractivity contribution in [2.45, 2.75) is 6.10 Å². The zero-order valence-electron chi connectivity index (χ0n) is 10.4. The second-order valence-corrected chi connectivity index (χ2v) is 3.86. The van der Waals surface area contributed by atoms with Gasteiger partial charge in [-0.3, -0.25) is 14.9 Å². The second kappa shape index (κ2) is 6.87. The van der Waals surface area contributed by atoms with Gasteiger partial charge in [-0.15, -0.1) is 0 Å². The highest BCUT2D eigenvalue weighted by atomic mass is 19.1. The minimum Gasteiger partial charge on any atom is -0.389 e. The van der Waals surface area contributed by atoms with Crippen LogP contribution in [0, 0.1) is 21.7 Å². The normalized spacial score (nSPS) is 12.0. The molecule has 110 valence electrons. The first-order chi connectivity index (χ1) is 9.36. The fraction of sp³-hybridized carbons (Fsp3) is 0.364. The zero-order chi connectivity index (χ0) is 15.3. The number of methoxy groups -OCH3 is 1. The second-order valence-electron chi connectivity index (χ2n) is 3.86. The Morgan fingerprint density at radius 1 is 1.55 bits per heavy atom. The monoisotopic (exact) mass is 290 g/mol. The quantitative estimate of drug-likeness (QED) is 0.590. The van der Waals surface area contributed by atoms with Crippen LogP contribution in [0.1, 0.15) is 10.4 Å². The van der Waals surface area contributed by atoms with Gasteiger partial charge in [0, 0.05) is 13.7 Å². The molecule has 1 aromatic carbocycles. The van der Waals surface area contributed by atoms with Crippen molar-refractivity contribution in [2.24, 2.45) is 0 Å². The van der Waals surface area contributed by atoms with Gasteiger partial charge in [0.2, 0.25) is 5.82 Å². The van der Waals surface area contributed by atoms with Crippen molar-refractivity contribution in [1.29, 1.82) is 0 Å². The molecular weight excluding hydrogens is 278 g/mol. The van der Waals surface area contributed by atoms with Gasteiger partial charge in [-0.2, -0.15) is 4.39 Å². The van der Waals surface area contributed by atoms with Crippen LogP contribution in [0.2, 0.25) is 0 Å². The molecule has 1 rings (SSSR count). The molecule has 0 saturated carbocycles. The van der Waals surface area contributed by atoms with Gasteiger partial charge in [0.15, 0.2) is 0 Å². The summed E-state index contributed by atoms with van der Waals surface area (Å²) in [6.45, 7) is -0.331. The highest BCUT2D eigenvalue weighted by molar-refractivity contribution is 5.95. The van der Waals surface area contributed by atoms with Crippen LogP contribution in [0.5, 0.6) is 0 Å². The molecule has 0 aliphatic rings. The van der Waals surface area contributed by atoms with Crippen molar-refractivity contribution < 1.29 is 28.3 Å². The molecule has 0 aliphatic carbocycles. The third-order valence-electron chi connectivity index (χ3n) is 2.32. The molecule has 0 fully saturated rings. The van der Waals surface area contributed by atoms with Crippen molar-refractivity contribution >= 4 is 11.6 Å². The fourth-order valence-electron chi connectivity index (χ4n) is 1.43. The Balaban J connectivity index is 2.90. The van der Waals surface area contributed by atoms with Gasteiger partial charge >= 0.3 is 5.69 Å². The van der Waals surface area contributed by atoms with Crippen LogP contribution in [-0.4, -0.2) is 42.3 Å². The lowest BCUT2D eigenvalue weighted by molar-refractivity contribution is -0.387. The minimum absolute atomic E-state index is 0.0634. The number of nitro groups is 1. The number of hydrogen-bond acceptors (Lipinski definition) is 5. The van der Waals surface area contributed by atoms with Gasteiger partial charge in [0.25, 0.3) is 5.91 Å². The number of ether oxygens (including phenoxy) is 1. The number of aliphatic hydroxyl groups is 1. The number of carbonyl (C=O) groups excluding carboxylic acids is 1. The average Bonchev–Trinajstić information content (AvgIpc) is 2.38. The lowest BCUT2D eigenvalue weighted by atomic mass is 10.1. The number of amides is 1. The van der Waals surface area contributed by atoms with Crippen molar-refractivity contribution in [3.05, 3.63) is 39.4 Å². The van der Waals surface area contributed by atoms with Crippen molar-refractivity contribution in [3.63, 3.8) is 0 Å². The summed E-state index contributed by atoms with van der Waals surface area (Å²) in [6, 6.07) is 0.923. The topological polar surface area (TPSA) is 102 Å². The molecule has 1 aromatic rings. The first kappa shape index (κ1) is 15.9. The van der Waals surface area contributed by atoms with E-state index in [1.54, 1.807) is 0 Å². The molecule has 20 heavy (non-hydrogen) atoms. The molecule has 2 N–H and O–H groups in total. The Kier molecular flexibility index (Phi) is 5.47. The molecule has 0 aliphatic heterocycles. The van der Waals surface area contributed by atoms with E-state index in [1.807, 2.05) is 0 Å². The summed E-state index contributed by atoms with van der Waals surface area (Å²) in [4.78, 5) is 21.0.